The fourth-order valence-electron chi connectivity index (χ4n) is 2.82. The molecule has 1 amide bonds. The van der Waals surface area contributed by atoms with Crippen molar-refractivity contribution in [1.82, 2.24) is 5.32 Å². The van der Waals surface area contributed by atoms with Crippen LogP contribution in [0.3, 0.4) is 0 Å². The van der Waals surface area contributed by atoms with Gasteiger partial charge < -0.3 is 15.8 Å². The number of ether oxygens (including phenoxy) is 1. The van der Waals surface area contributed by atoms with Crippen LogP contribution in [-0.2, 0) is 4.79 Å². The summed E-state index contributed by atoms with van der Waals surface area (Å²) in [6, 6.07) is 7.75. The van der Waals surface area contributed by atoms with Gasteiger partial charge in [-0.15, -0.1) is 0 Å². The van der Waals surface area contributed by atoms with E-state index in [-0.39, 0.29) is 11.9 Å². The van der Waals surface area contributed by atoms with Crippen molar-refractivity contribution in [2.24, 2.45) is 5.73 Å². The Morgan fingerprint density at radius 2 is 2.06 bits per heavy atom. The van der Waals surface area contributed by atoms with Crippen LogP contribution < -0.4 is 15.8 Å². The van der Waals surface area contributed by atoms with Gasteiger partial charge in [0, 0.05) is 5.56 Å². The van der Waals surface area contributed by atoms with Crippen molar-refractivity contribution in [2.45, 2.75) is 37.3 Å². The number of carbonyl (C=O) groups is 1. The SMILES string of the molecule is NC1(C(=O)NC2COc3ccccc32)CCCC1. The highest BCUT2D eigenvalue weighted by Gasteiger charge is 2.39. The molecule has 1 fully saturated rings. The number of rotatable bonds is 2. The third-order valence-corrected chi connectivity index (χ3v) is 3.95. The fraction of sp³-hybridized carbons (Fsp3) is 0.500. The van der Waals surface area contributed by atoms with Crippen molar-refractivity contribution in [2.75, 3.05) is 6.61 Å². The molecule has 1 atom stereocenters. The number of nitrogens with two attached hydrogens (primary N) is 1. The lowest BCUT2D eigenvalue weighted by Gasteiger charge is -2.24. The monoisotopic (exact) mass is 246 g/mol. The zero-order valence-corrected chi connectivity index (χ0v) is 10.3. The maximum Gasteiger partial charge on any atom is 0.240 e. The summed E-state index contributed by atoms with van der Waals surface area (Å²) in [5.74, 6) is 0.825. The average molecular weight is 246 g/mol. The molecule has 0 radical (unpaired) electrons. The number of hydrogen-bond acceptors (Lipinski definition) is 3. The van der Waals surface area contributed by atoms with Gasteiger partial charge >= 0.3 is 0 Å². The predicted molar refractivity (Wildman–Crippen MR) is 68.2 cm³/mol. The number of hydrogen-bond donors (Lipinski definition) is 2. The molecule has 0 aromatic heterocycles. The van der Waals surface area contributed by atoms with Crippen molar-refractivity contribution >= 4 is 5.91 Å². The quantitative estimate of drug-likeness (QED) is 0.831. The molecular formula is C14H18N2O2. The largest absolute Gasteiger partial charge is 0.491 e. The lowest BCUT2D eigenvalue weighted by Crippen LogP contribution is -2.52. The summed E-state index contributed by atoms with van der Waals surface area (Å²) in [5, 5.41) is 3.03. The second-order valence-electron chi connectivity index (χ2n) is 5.24. The summed E-state index contributed by atoms with van der Waals surface area (Å²) in [6.07, 6.45) is 3.66. The minimum atomic E-state index is -0.669. The fourth-order valence-corrected chi connectivity index (χ4v) is 2.82. The molecule has 2 aliphatic rings. The molecular weight excluding hydrogens is 228 g/mol. The highest BCUT2D eigenvalue weighted by molar-refractivity contribution is 5.86. The molecule has 18 heavy (non-hydrogen) atoms. The van der Waals surface area contributed by atoms with Gasteiger partial charge in [0.25, 0.3) is 0 Å². The van der Waals surface area contributed by atoms with Gasteiger partial charge in [0.15, 0.2) is 0 Å². The number of nitrogens with one attached hydrogen (secondary N) is 1. The van der Waals surface area contributed by atoms with Crippen LogP contribution in [0.25, 0.3) is 0 Å². The molecule has 0 spiro atoms. The summed E-state index contributed by atoms with van der Waals surface area (Å²) >= 11 is 0. The Balaban J connectivity index is 1.73. The van der Waals surface area contributed by atoms with Gasteiger partial charge in [-0.2, -0.15) is 0 Å². The van der Waals surface area contributed by atoms with Gasteiger partial charge in [-0.05, 0) is 18.9 Å². The average Bonchev–Trinajstić information content (AvgIpc) is 2.98. The molecule has 1 heterocycles. The van der Waals surface area contributed by atoms with E-state index in [2.05, 4.69) is 5.32 Å². The van der Waals surface area contributed by atoms with Crippen molar-refractivity contribution in [3.8, 4) is 5.75 Å². The van der Waals surface area contributed by atoms with E-state index in [1.54, 1.807) is 0 Å². The number of fused-ring (bicyclic) bond motifs is 1. The number of para-hydroxylation sites is 1. The van der Waals surface area contributed by atoms with E-state index >= 15 is 0 Å². The normalized spacial score (nSPS) is 24.4. The molecule has 4 heteroatoms. The minimum Gasteiger partial charge on any atom is -0.491 e. The van der Waals surface area contributed by atoms with Gasteiger partial charge in [-0.25, -0.2) is 0 Å². The Labute approximate surface area is 107 Å². The first-order valence-corrected chi connectivity index (χ1v) is 6.51. The van der Waals surface area contributed by atoms with E-state index < -0.39 is 5.54 Å². The summed E-state index contributed by atoms with van der Waals surface area (Å²) < 4.78 is 5.55. The lowest BCUT2D eigenvalue weighted by atomic mass is 9.97. The Bertz CT molecular complexity index is 467. The Morgan fingerprint density at radius 1 is 1.33 bits per heavy atom. The second-order valence-corrected chi connectivity index (χ2v) is 5.24. The van der Waals surface area contributed by atoms with Crippen LogP contribution in [0.15, 0.2) is 24.3 Å². The van der Waals surface area contributed by atoms with E-state index in [0.717, 1.165) is 37.0 Å². The van der Waals surface area contributed by atoms with Crippen LogP contribution in [0.2, 0.25) is 0 Å². The van der Waals surface area contributed by atoms with E-state index in [1.165, 1.54) is 0 Å². The minimum absolute atomic E-state index is 0.0368. The third kappa shape index (κ3) is 1.86. The van der Waals surface area contributed by atoms with Crippen LogP contribution in [0, 0.1) is 0 Å². The van der Waals surface area contributed by atoms with Crippen LogP contribution in [0.4, 0.5) is 0 Å². The zero-order valence-electron chi connectivity index (χ0n) is 10.3. The summed E-state index contributed by atoms with van der Waals surface area (Å²) in [7, 11) is 0. The van der Waals surface area contributed by atoms with Crippen LogP contribution in [0.1, 0.15) is 37.3 Å². The third-order valence-electron chi connectivity index (χ3n) is 3.95. The molecule has 1 unspecified atom stereocenters. The van der Waals surface area contributed by atoms with Crippen molar-refractivity contribution in [3.05, 3.63) is 29.8 Å². The molecule has 4 nitrogen and oxygen atoms in total. The van der Waals surface area contributed by atoms with Gasteiger partial charge in [0.1, 0.15) is 12.4 Å². The first-order chi connectivity index (χ1) is 8.69. The molecule has 1 aliphatic carbocycles. The number of benzene rings is 1. The smallest absolute Gasteiger partial charge is 0.240 e. The maximum atomic E-state index is 12.2. The van der Waals surface area contributed by atoms with E-state index in [1.807, 2.05) is 24.3 Å². The molecule has 1 saturated carbocycles. The first-order valence-electron chi connectivity index (χ1n) is 6.51. The highest BCUT2D eigenvalue weighted by atomic mass is 16.5. The van der Waals surface area contributed by atoms with Gasteiger partial charge in [-0.3, -0.25) is 4.79 Å². The van der Waals surface area contributed by atoms with Gasteiger partial charge in [-0.1, -0.05) is 31.0 Å². The molecule has 1 aromatic rings. The Kier molecular flexibility index (Phi) is 2.74. The second kappa shape index (κ2) is 4.28. The van der Waals surface area contributed by atoms with E-state index in [0.29, 0.717) is 6.61 Å². The molecule has 1 aliphatic heterocycles. The molecule has 0 bridgehead atoms. The summed E-state index contributed by atoms with van der Waals surface area (Å²) in [5.41, 5.74) is 6.53. The van der Waals surface area contributed by atoms with Crippen molar-refractivity contribution < 1.29 is 9.53 Å². The van der Waals surface area contributed by atoms with E-state index in [4.69, 9.17) is 10.5 Å². The number of amides is 1. The van der Waals surface area contributed by atoms with Crippen LogP contribution in [-0.4, -0.2) is 18.1 Å². The predicted octanol–water partition coefficient (Wildman–Crippen LogP) is 1.51. The molecule has 0 saturated heterocycles. The van der Waals surface area contributed by atoms with E-state index in [9.17, 15) is 4.79 Å². The van der Waals surface area contributed by atoms with Gasteiger partial charge in [0.2, 0.25) is 5.91 Å². The standard InChI is InChI=1S/C14H18N2O2/c15-14(7-3-4-8-14)13(17)16-11-9-18-12-6-2-1-5-10(11)12/h1-2,5-6,11H,3-4,7-9,15H2,(H,16,17). The van der Waals surface area contributed by atoms with Crippen LogP contribution >= 0.6 is 0 Å². The first kappa shape index (κ1) is 11.5. The molecule has 1 aromatic carbocycles. The summed E-state index contributed by atoms with van der Waals surface area (Å²) in [4.78, 5) is 12.2. The zero-order chi connectivity index (χ0) is 12.6. The molecule has 3 rings (SSSR count). The van der Waals surface area contributed by atoms with Crippen molar-refractivity contribution in [1.29, 1.82) is 0 Å². The highest BCUT2D eigenvalue weighted by Crippen LogP contribution is 2.33. The Hall–Kier alpha value is -1.55. The Morgan fingerprint density at radius 3 is 2.83 bits per heavy atom. The van der Waals surface area contributed by atoms with Crippen LogP contribution in [0.5, 0.6) is 5.75 Å². The molecule has 96 valence electrons. The maximum absolute atomic E-state index is 12.2. The topological polar surface area (TPSA) is 64.4 Å². The lowest BCUT2D eigenvalue weighted by molar-refractivity contribution is -0.127. The summed E-state index contributed by atoms with van der Waals surface area (Å²) in [6.45, 7) is 0.501. The molecule has 3 N–H and O–H groups in total. The number of carbonyl (C=O) groups excluding carboxylic acids is 1. The van der Waals surface area contributed by atoms with Gasteiger partial charge in [0.05, 0.1) is 11.6 Å². The van der Waals surface area contributed by atoms with Crippen molar-refractivity contribution in [3.63, 3.8) is 0 Å².